The highest BCUT2D eigenvalue weighted by Gasteiger charge is 2.28. The summed E-state index contributed by atoms with van der Waals surface area (Å²) in [5, 5.41) is 6.27. The molecule has 5 heteroatoms. The molecule has 0 aromatic carbocycles. The first-order valence-electron chi connectivity index (χ1n) is 7.76. The zero-order valence-electron chi connectivity index (χ0n) is 12.9. The van der Waals surface area contributed by atoms with Gasteiger partial charge in [0.25, 0.3) is 0 Å². The minimum Gasteiger partial charge on any atom is -0.466 e. The van der Waals surface area contributed by atoms with Crippen LogP contribution in [0.5, 0.6) is 0 Å². The van der Waals surface area contributed by atoms with Crippen molar-refractivity contribution >= 4 is 11.9 Å². The Morgan fingerprint density at radius 3 is 2.40 bits per heavy atom. The van der Waals surface area contributed by atoms with Gasteiger partial charge >= 0.3 is 5.97 Å². The van der Waals surface area contributed by atoms with Gasteiger partial charge in [0.15, 0.2) is 0 Å². The normalized spacial score (nSPS) is 23.9. The number of carbonyl (C=O) groups excluding carboxylic acids is 2. The maximum absolute atomic E-state index is 12.0. The van der Waals surface area contributed by atoms with Crippen molar-refractivity contribution in [2.24, 2.45) is 11.8 Å². The number of rotatable bonds is 7. The highest BCUT2D eigenvalue weighted by Crippen LogP contribution is 2.25. The number of esters is 1. The number of hydrogen-bond acceptors (Lipinski definition) is 4. The lowest BCUT2D eigenvalue weighted by molar-refractivity contribution is -0.149. The van der Waals surface area contributed by atoms with Crippen molar-refractivity contribution < 1.29 is 14.3 Å². The summed E-state index contributed by atoms with van der Waals surface area (Å²) < 4.78 is 5.05. The Bertz CT molecular complexity index is 312. The molecule has 5 nitrogen and oxygen atoms in total. The van der Waals surface area contributed by atoms with Crippen molar-refractivity contribution in [3.8, 4) is 0 Å². The largest absolute Gasteiger partial charge is 0.466 e. The molecule has 1 fully saturated rings. The second kappa shape index (κ2) is 8.95. The maximum Gasteiger partial charge on any atom is 0.308 e. The average molecular weight is 284 g/mol. The van der Waals surface area contributed by atoms with E-state index in [9.17, 15) is 9.59 Å². The minimum atomic E-state index is -0.0854. The van der Waals surface area contributed by atoms with Crippen molar-refractivity contribution in [2.75, 3.05) is 19.7 Å². The van der Waals surface area contributed by atoms with E-state index in [1.54, 1.807) is 0 Å². The van der Waals surface area contributed by atoms with Crippen molar-refractivity contribution in [2.45, 2.75) is 52.5 Å². The Labute approximate surface area is 121 Å². The lowest BCUT2D eigenvalue weighted by Crippen LogP contribution is -2.43. The van der Waals surface area contributed by atoms with Crippen molar-refractivity contribution in [3.63, 3.8) is 0 Å². The Balaban J connectivity index is 2.28. The number of ether oxygens (including phenoxy) is 1. The third-order valence-corrected chi connectivity index (χ3v) is 3.84. The van der Waals surface area contributed by atoms with Crippen LogP contribution in [0, 0.1) is 11.8 Å². The van der Waals surface area contributed by atoms with E-state index in [4.69, 9.17) is 4.74 Å². The van der Waals surface area contributed by atoms with Crippen LogP contribution in [0.25, 0.3) is 0 Å². The van der Waals surface area contributed by atoms with Crippen LogP contribution in [-0.2, 0) is 14.3 Å². The Hall–Kier alpha value is -1.10. The monoisotopic (exact) mass is 284 g/mol. The molecule has 0 aliphatic heterocycles. The lowest BCUT2D eigenvalue weighted by atomic mass is 9.86. The smallest absolute Gasteiger partial charge is 0.308 e. The molecular weight excluding hydrogens is 256 g/mol. The number of hydrogen-bond donors (Lipinski definition) is 2. The molecule has 20 heavy (non-hydrogen) atoms. The molecule has 0 aromatic heterocycles. The first-order chi connectivity index (χ1) is 9.58. The fraction of sp³-hybridized carbons (Fsp3) is 0.867. The van der Waals surface area contributed by atoms with Gasteiger partial charge in [-0.25, -0.2) is 0 Å². The molecule has 0 bridgehead atoms. The molecule has 0 aromatic rings. The summed E-state index contributed by atoms with van der Waals surface area (Å²) in [6, 6.07) is 0.206. The van der Waals surface area contributed by atoms with Gasteiger partial charge in [0.2, 0.25) is 5.91 Å². The second-order valence-electron chi connectivity index (χ2n) is 5.52. The molecule has 1 atom stereocenters. The maximum atomic E-state index is 12.0. The van der Waals surface area contributed by atoms with E-state index in [-0.39, 0.29) is 29.8 Å². The summed E-state index contributed by atoms with van der Waals surface area (Å²) in [7, 11) is 0. The molecule has 1 rings (SSSR count). The molecule has 0 radical (unpaired) electrons. The number of carbonyl (C=O) groups is 2. The quantitative estimate of drug-likeness (QED) is 0.695. The van der Waals surface area contributed by atoms with E-state index in [0.717, 1.165) is 32.2 Å². The standard InChI is InChI=1S/C15H28N2O3/c1-4-16-10-11(3)14(18)17-13-8-6-12(7-9-13)15(19)20-5-2/h11-13,16H,4-10H2,1-3H3,(H,17,18). The summed E-state index contributed by atoms with van der Waals surface area (Å²) in [4.78, 5) is 23.6. The molecule has 1 aliphatic carbocycles. The molecule has 116 valence electrons. The molecule has 1 aliphatic rings. The van der Waals surface area contributed by atoms with Crippen LogP contribution in [0.15, 0.2) is 0 Å². The first-order valence-corrected chi connectivity index (χ1v) is 7.76. The predicted molar refractivity (Wildman–Crippen MR) is 78.2 cm³/mol. The van der Waals surface area contributed by atoms with Crippen molar-refractivity contribution in [1.82, 2.24) is 10.6 Å². The van der Waals surface area contributed by atoms with E-state index in [1.165, 1.54) is 0 Å². The molecule has 0 heterocycles. The SMILES string of the molecule is CCNCC(C)C(=O)NC1CCC(C(=O)OCC)CC1. The Morgan fingerprint density at radius 1 is 1.20 bits per heavy atom. The summed E-state index contributed by atoms with van der Waals surface area (Å²) in [6.45, 7) is 7.82. The molecule has 0 spiro atoms. The van der Waals surface area contributed by atoms with Crippen LogP contribution in [-0.4, -0.2) is 37.6 Å². The number of nitrogens with one attached hydrogen (secondary N) is 2. The predicted octanol–water partition coefficient (Wildman–Crippen LogP) is 1.47. The third-order valence-electron chi connectivity index (χ3n) is 3.84. The van der Waals surface area contributed by atoms with Gasteiger partial charge in [0.05, 0.1) is 12.5 Å². The first kappa shape index (κ1) is 17.0. The second-order valence-corrected chi connectivity index (χ2v) is 5.52. The average Bonchev–Trinajstić information content (AvgIpc) is 2.45. The summed E-state index contributed by atoms with van der Waals surface area (Å²) in [5.41, 5.74) is 0. The van der Waals surface area contributed by atoms with Gasteiger partial charge in [-0.05, 0) is 39.2 Å². The van der Waals surface area contributed by atoms with E-state index in [2.05, 4.69) is 10.6 Å². The topological polar surface area (TPSA) is 67.4 Å². The van der Waals surface area contributed by atoms with Gasteiger partial charge in [0.1, 0.15) is 0 Å². The van der Waals surface area contributed by atoms with Gasteiger partial charge in [-0.1, -0.05) is 13.8 Å². The van der Waals surface area contributed by atoms with Crippen LogP contribution in [0.1, 0.15) is 46.5 Å². The molecule has 2 N–H and O–H groups in total. The van der Waals surface area contributed by atoms with Gasteiger partial charge in [-0.15, -0.1) is 0 Å². The fourth-order valence-corrected chi connectivity index (χ4v) is 2.53. The van der Waals surface area contributed by atoms with E-state index >= 15 is 0 Å². The van der Waals surface area contributed by atoms with Crippen molar-refractivity contribution in [3.05, 3.63) is 0 Å². The highest BCUT2D eigenvalue weighted by atomic mass is 16.5. The molecule has 1 saturated carbocycles. The number of amides is 1. The summed E-state index contributed by atoms with van der Waals surface area (Å²) in [6.07, 6.45) is 3.35. The van der Waals surface area contributed by atoms with Crippen LogP contribution in [0.3, 0.4) is 0 Å². The van der Waals surface area contributed by atoms with Gasteiger partial charge in [-0.3, -0.25) is 9.59 Å². The van der Waals surface area contributed by atoms with Crippen LogP contribution >= 0.6 is 0 Å². The zero-order chi connectivity index (χ0) is 15.0. The summed E-state index contributed by atoms with van der Waals surface area (Å²) >= 11 is 0. The van der Waals surface area contributed by atoms with Crippen LogP contribution < -0.4 is 10.6 Å². The minimum absolute atomic E-state index is 0.0160. The van der Waals surface area contributed by atoms with Gasteiger partial charge < -0.3 is 15.4 Å². The molecule has 1 unspecified atom stereocenters. The lowest BCUT2D eigenvalue weighted by Gasteiger charge is -2.28. The Kier molecular flexibility index (Phi) is 7.59. The Morgan fingerprint density at radius 2 is 1.85 bits per heavy atom. The van der Waals surface area contributed by atoms with E-state index in [0.29, 0.717) is 13.2 Å². The summed E-state index contributed by atoms with van der Waals surface area (Å²) in [5.74, 6) is 0.0170. The third kappa shape index (κ3) is 5.49. The zero-order valence-corrected chi connectivity index (χ0v) is 12.9. The van der Waals surface area contributed by atoms with Crippen LogP contribution in [0.2, 0.25) is 0 Å². The van der Waals surface area contributed by atoms with Crippen LogP contribution in [0.4, 0.5) is 0 Å². The fourth-order valence-electron chi connectivity index (χ4n) is 2.53. The van der Waals surface area contributed by atoms with Crippen molar-refractivity contribution in [1.29, 1.82) is 0 Å². The van der Waals surface area contributed by atoms with E-state index < -0.39 is 0 Å². The van der Waals surface area contributed by atoms with E-state index in [1.807, 2.05) is 20.8 Å². The van der Waals surface area contributed by atoms with Gasteiger partial charge in [-0.2, -0.15) is 0 Å². The molecule has 0 saturated heterocycles. The highest BCUT2D eigenvalue weighted by molar-refractivity contribution is 5.79. The van der Waals surface area contributed by atoms with Gasteiger partial charge in [0, 0.05) is 18.5 Å². The molecular formula is C15H28N2O3. The molecule has 1 amide bonds.